The number of Topliss-reactive ketones (excluding diaryl/α,β-unsaturated/α-hetero) is 1. The van der Waals surface area contributed by atoms with Gasteiger partial charge in [0.1, 0.15) is 11.7 Å². The van der Waals surface area contributed by atoms with E-state index in [1.54, 1.807) is 0 Å². The van der Waals surface area contributed by atoms with Gasteiger partial charge >= 0.3 is 0 Å². The van der Waals surface area contributed by atoms with Crippen LogP contribution in [0.4, 0.5) is 5.82 Å². The Labute approximate surface area is 151 Å². The first-order valence-corrected chi connectivity index (χ1v) is 8.85. The third kappa shape index (κ3) is 2.34. The van der Waals surface area contributed by atoms with Gasteiger partial charge in [0.25, 0.3) is 0 Å². The molecule has 2 aromatic carbocycles. The SMILES string of the molecule is O=C(C1=Cc2cc3ccccc3nc2N2CCCN=C12)c1ccccc1. The number of rotatable bonds is 2. The van der Waals surface area contributed by atoms with Gasteiger partial charge in [-0.05, 0) is 24.6 Å². The maximum atomic E-state index is 13.1. The van der Waals surface area contributed by atoms with Crippen LogP contribution in [0.25, 0.3) is 17.0 Å². The molecule has 3 aromatic rings. The molecular formula is C22H17N3O. The minimum absolute atomic E-state index is 0.00931. The summed E-state index contributed by atoms with van der Waals surface area (Å²) in [5.74, 6) is 1.65. The Balaban J connectivity index is 1.72. The van der Waals surface area contributed by atoms with E-state index in [0.29, 0.717) is 11.1 Å². The van der Waals surface area contributed by atoms with E-state index >= 15 is 0 Å². The van der Waals surface area contributed by atoms with E-state index in [-0.39, 0.29) is 5.78 Å². The van der Waals surface area contributed by atoms with Crippen molar-refractivity contribution >= 4 is 34.4 Å². The van der Waals surface area contributed by atoms with Crippen LogP contribution in [0, 0.1) is 0 Å². The van der Waals surface area contributed by atoms with Gasteiger partial charge in [-0.15, -0.1) is 0 Å². The standard InChI is InChI=1S/C22H17N3O/c26-20(15-7-2-1-3-8-15)18-14-17-13-16-9-4-5-10-19(16)24-21(17)25-12-6-11-23-22(18)25/h1-5,7-10,13-14H,6,11-12H2. The normalized spacial score (nSPS) is 15.8. The monoisotopic (exact) mass is 339 g/mol. The molecule has 0 N–H and O–H groups in total. The Hall–Kier alpha value is -3.27. The largest absolute Gasteiger partial charge is 0.310 e. The van der Waals surface area contributed by atoms with Crippen molar-refractivity contribution in [1.82, 2.24) is 4.98 Å². The third-order valence-corrected chi connectivity index (χ3v) is 4.87. The quantitative estimate of drug-likeness (QED) is 0.660. The third-order valence-electron chi connectivity index (χ3n) is 4.87. The minimum atomic E-state index is 0.00931. The number of carbonyl (C=O) groups excluding carboxylic acids is 1. The highest BCUT2D eigenvalue weighted by Crippen LogP contribution is 2.33. The molecule has 5 rings (SSSR count). The van der Waals surface area contributed by atoms with Crippen LogP contribution < -0.4 is 4.90 Å². The van der Waals surface area contributed by atoms with E-state index in [0.717, 1.165) is 47.6 Å². The molecule has 0 unspecified atom stereocenters. The summed E-state index contributed by atoms with van der Waals surface area (Å²) in [5, 5.41) is 1.08. The van der Waals surface area contributed by atoms with Crippen LogP contribution in [0.5, 0.6) is 0 Å². The van der Waals surface area contributed by atoms with E-state index < -0.39 is 0 Å². The topological polar surface area (TPSA) is 45.6 Å². The van der Waals surface area contributed by atoms with Crippen LogP contribution in [0.15, 0.2) is 71.2 Å². The van der Waals surface area contributed by atoms with Crippen molar-refractivity contribution in [1.29, 1.82) is 0 Å². The van der Waals surface area contributed by atoms with Crippen LogP contribution in [-0.4, -0.2) is 29.7 Å². The highest BCUT2D eigenvalue weighted by Gasteiger charge is 2.31. The summed E-state index contributed by atoms with van der Waals surface area (Å²) >= 11 is 0. The summed E-state index contributed by atoms with van der Waals surface area (Å²) in [7, 11) is 0. The van der Waals surface area contributed by atoms with Crippen molar-refractivity contribution in [2.24, 2.45) is 4.99 Å². The molecule has 126 valence electrons. The van der Waals surface area contributed by atoms with Gasteiger partial charge in [0, 0.05) is 29.6 Å². The fraction of sp³-hybridized carbons (Fsp3) is 0.136. The molecule has 1 aromatic heterocycles. The molecule has 0 fully saturated rings. The Kier molecular flexibility index (Phi) is 3.42. The van der Waals surface area contributed by atoms with Crippen molar-refractivity contribution in [2.75, 3.05) is 18.0 Å². The number of fused-ring (bicyclic) bond motifs is 4. The summed E-state index contributed by atoms with van der Waals surface area (Å²) in [6, 6.07) is 19.6. The van der Waals surface area contributed by atoms with Gasteiger partial charge in [-0.25, -0.2) is 4.98 Å². The van der Waals surface area contributed by atoms with E-state index in [1.165, 1.54) is 0 Å². The fourth-order valence-corrected chi connectivity index (χ4v) is 3.62. The maximum absolute atomic E-state index is 13.1. The number of amidine groups is 1. The highest BCUT2D eigenvalue weighted by atomic mass is 16.1. The van der Waals surface area contributed by atoms with E-state index in [1.807, 2.05) is 54.6 Å². The average Bonchev–Trinajstić information content (AvgIpc) is 2.72. The second-order valence-corrected chi connectivity index (χ2v) is 6.56. The van der Waals surface area contributed by atoms with E-state index in [9.17, 15) is 4.79 Å². The predicted molar refractivity (Wildman–Crippen MR) is 105 cm³/mol. The van der Waals surface area contributed by atoms with Crippen molar-refractivity contribution in [3.8, 4) is 0 Å². The van der Waals surface area contributed by atoms with Crippen molar-refractivity contribution < 1.29 is 4.79 Å². The molecule has 0 spiro atoms. The van der Waals surface area contributed by atoms with Gasteiger partial charge in [0.15, 0.2) is 5.78 Å². The lowest BCUT2D eigenvalue weighted by Crippen LogP contribution is -2.41. The summed E-state index contributed by atoms with van der Waals surface area (Å²) in [6.45, 7) is 1.57. The Bertz CT molecular complexity index is 1080. The molecular weight excluding hydrogens is 322 g/mol. The molecule has 26 heavy (non-hydrogen) atoms. The van der Waals surface area contributed by atoms with Crippen LogP contribution in [-0.2, 0) is 0 Å². The summed E-state index contributed by atoms with van der Waals surface area (Å²) in [6.07, 6.45) is 2.91. The Morgan fingerprint density at radius 2 is 1.81 bits per heavy atom. The molecule has 0 radical (unpaired) electrons. The molecule has 4 nitrogen and oxygen atoms in total. The maximum Gasteiger partial charge on any atom is 0.196 e. The lowest BCUT2D eigenvalue weighted by atomic mass is 9.95. The zero-order valence-corrected chi connectivity index (χ0v) is 14.2. The fourth-order valence-electron chi connectivity index (χ4n) is 3.62. The number of ketones is 1. The number of aromatic nitrogens is 1. The molecule has 0 saturated heterocycles. The number of hydrogen-bond acceptors (Lipinski definition) is 4. The van der Waals surface area contributed by atoms with Gasteiger partial charge in [0.05, 0.1) is 11.1 Å². The first-order valence-electron chi connectivity index (χ1n) is 8.85. The number of anilines is 1. The van der Waals surface area contributed by atoms with Gasteiger partial charge in [-0.3, -0.25) is 9.79 Å². The molecule has 3 heterocycles. The van der Waals surface area contributed by atoms with Crippen molar-refractivity contribution in [3.05, 3.63) is 77.4 Å². The summed E-state index contributed by atoms with van der Waals surface area (Å²) in [5.41, 5.74) is 3.27. The van der Waals surface area contributed by atoms with Crippen LogP contribution >= 0.6 is 0 Å². The van der Waals surface area contributed by atoms with E-state index in [2.05, 4.69) is 22.0 Å². The summed E-state index contributed by atoms with van der Waals surface area (Å²) in [4.78, 5) is 24.8. The first kappa shape index (κ1) is 15.0. The second-order valence-electron chi connectivity index (χ2n) is 6.56. The van der Waals surface area contributed by atoms with Gasteiger partial charge in [-0.2, -0.15) is 0 Å². The smallest absolute Gasteiger partial charge is 0.196 e. The van der Waals surface area contributed by atoms with Gasteiger partial charge in [-0.1, -0.05) is 48.5 Å². The predicted octanol–water partition coefficient (Wildman–Crippen LogP) is 4.12. The average molecular weight is 339 g/mol. The van der Waals surface area contributed by atoms with Crippen LogP contribution in [0.1, 0.15) is 22.3 Å². The summed E-state index contributed by atoms with van der Waals surface area (Å²) < 4.78 is 0. The number of benzene rings is 2. The van der Waals surface area contributed by atoms with Gasteiger partial charge < -0.3 is 4.90 Å². The molecule has 0 bridgehead atoms. The molecule has 2 aliphatic heterocycles. The zero-order valence-electron chi connectivity index (χ0n) is 14.2. The molecule has 0 atom stereocenters. The lowest BCUT2D eigenvalue weighted by Gasteiger charge is -2.33. The number of para-hydroxylation sites is 1. The van der Waals surface area contributed by atoms with Crippen LogP contribution in [0.3, 0.4) is 0 Å². The molecule has 0 amide bonds. The number of nitrogens with zero attached hydrogens (tertiary/aromatic N) is 3. The highest BCUT2D eigenvalue weighted by molar-refractivity contribution is 6.35. The molecule has 0 saturated carbocycles. The lowest BCUT2D eigenvalue weighted by molar-refractivity contribution is 0.104. The number of aliphatic imine (C=N–C) groups is 1. The Morgan fingerprint density at radius 1 is 1.00 bits per heavy atom. The first-order chi connectivity index (χ1) is 12.8. The zero-order chi connectivity index (χ0) is 17.5. The van der Waals surface area contributed by atoms with Crippen molar-refractivity contribution in [3.63, 3.8) is 0 Å². The molecule has 2 aliphatic rings. The Morgan fingerprint density at radius 3 is 2.69 bits per heavy atom. The van der Waals surface area contributed by atoms with E-state index in [4.69, 9.17) is 4.98 Å². The van der Waals surface area contributed by atoms with Crippen molar-refractivity contribution in [2.45, 2.75) is 6.42 Å². The van der Waals surface area contributed by atoms with Crippen LogP contribution in [0.2, 0.25) is 0 Å². The number of pyridine rings is 1. The number of carbonyl (C=O) groups is 1. The molecule has 0 aliphatic carbocycles. The second kappa shape index (κ2) is 5.92. The minimum Gasteiger partial charge on any atom is -0.310 e. The van der Waals surface area contributed by atoms with Gasteiger partial charge in [0.2, 0.25) is 0 Å². The number of hydrogen-bond donors (Lipinski definition) is 0. The molecule has 4 heteroatoms.